The van der Waals surface area contributed by atoms with Crippen molar-refractivity contribution in [3.05, 3.63) is 59.0 Å². The summed E-state index contributed by atoms with van der Waals surface area (Å²) in [5, 5.41) is 0. The summed E-state index contributed by atoms with van der Waals surface area (Å²) in [5.41, 5.74) is 7.48. The summed E-state index contributed by atoms with van der Waals surface area (Å²) in [6, 6.07) is 7.65. The van der Waals surface area contributed by atoms with Crippen molar-refractivity contribution >= 4 is 11.6 Å². The zero-order valence-electron chi connectivity index (χ0n) is 9.98. The molecule has 0 saturated heterocycles. The molecule has 0 unspecified atom stereocenters. The van der Waals surface area contributed by atoms with Crippen LogP contribution in [-0.2, 0) is 6.42 Å². The molecule has 0 saturated carbocycles. The number of carbonyl (C=O) groups excluding carboxylic acids is 1. The minimum atomic E-state index is -0.414. The van der Waals surface area contributed by atoms with E-state index in [1.165, 1.54) is 12.1 Å². The number of halogens is 1. The third-order valence-electron chi connectivity index (χ3n) is 2.78. The first-order valence-corrected chi connectivity index (χ1v) is 5.56. The molecule has 2 rings (SSSR count). The average Bonchev–Trinajstić information content (AvgIpc) is 2.35. The van der Waals surface area contributed by atoms with Crippen LogP contribution in [0.3, 0.4) is 0 Å². The van der Waals surface area contributed by atoms with E-state index in [1.807, 2.05) is 0 Å². The number of nitrogens with zero attached hydrogens (tertiary/aromatic N) is 1. The molecule has 0 aliphatic carbocycles. The van der Waals surface area contributed by atoms with Gasteiger partial charge >= 0.3 is 0 Å². The zero-order valence-corrected chi connectivity index (χ0v) is 9.98. The standard InChI is InChI=1S/C14H13FN2O/c1-9-4-5-11(15)8-12(9)13(18)7-10-3-2-6-17-14(10)16/h2-6,8H,7H2,1H3,(H2,16,17). The second kappa shape index (κ2) is 4.96. The molecular formula is C14H13FN2O. The molecule has 1 heterocycles. The molecule has 0 aliphatic heterocycles. The average molecular weight is 244 g/mol. The number of anilines is 1. The highest BCUT2D eigenvalue weighted by atomic mass is 19.1. The van der Waals surface area contributed by atoms with Gasteiger partial charge in [-0.25, -0.2) is 9.37 Å². The smallest absolute Gasteiger partial charge is 0.167 e. The van der Waals surface area contributed by atoms with E-state index in [0.717, 1.165) is 5.56 Å². The first-order chi connectivity index (χ1) is 8.58. The van der Waals surface area contributed by atoms with Gasteiger partial charge in [0.15, 0.2) is 5.78 Å². The van der Waals surface area contributed by atoms with E-state index in [4.69, 9.17) is 5.73 Å². The monoisotopic (exact) mass is 244 g/mol. The van der Waals surface area contributed by atoms with Crippen molar-refractivity contribution in [2.45, 2.75) is 13.3 Å². The van der Waals surface area contributed by atoms with Crippen LogP contribution >= 0.6 is 0 Å². The molecule has 0 atom stereocenters. The van der Waals surface area contributed by atoms with Crippen LogP contribution in [-0.4, -0.2) is 10.8 Å². The van der Waals surface area contributed by atoms with Crippen molar-refractivity contribution in [1.29, 1.82) is 0 Å². The van der Waals surface area contributed by atoms with Crippen molar-refractivity contribution in [2.24, 2.45) is 0 Å². The van der Waals surface area contributed by atoms with Crippen LogP contribution in [0.15, 0.2) is 36.5 Å². The number of rotatable bonds is 3. The van der Waals surface area contributed by atoms with Gasteiger partial charge in [0.1, 0.15) is 11.6 Å². The van der Waals surface area contributed by atoms with E-state index in [1.54, 1.807) is 31.3 Å². The van der Waals surface area contributed by atoms with E-state index in [0.29, 0.717) is 16.9 Å². The second-order valence-corrected chi connectivity index (χ2v) is 4.11. The Morgan fingerprint density at radius 1 is 1.39 bits per heavy atom. The molecule has 2 N–H and O–H groups in total. The number of benzene rings is 1. The Morgan fingerprint density at radius 2 is 2.17 bits per heavy atom. The molecule has 1 aromatic carbocycles. The van der Waals surface area contributed by atoms with E-state index >= 15 is 0 Å². The van der Waals surface area contributed by atoms with Gasteiger partial charge in [-0.1, -0.05) is 12.1 Å². The van der Waals surface area contributed by atoms with Gasteiger partial charge in [-0.15, -0.1) is 0 Å². The van der Waals surface area contributed by atoms with Crippen molar-refractivity contribution in [3.8, 4) is 0 Å². The lowest BCUT2D eigenvalue weighted by Gasteiger charge is -2.06. The maximum Gasteiger partial charge on any atom is 0.167 e. The molecule has 0 amide bonds. The normalized spacial score (nSPS) is 10.3. The Bertz CT molecular complexity index is 596. The minimum Gasteiger partial charge on any atom is -0.383 e. The highest BCUT2D eigenvalue weighted by molar-refractivity contribution is 5.99. The van der Waals surface area contributed by atoms with Crippen LogP contribution in [0.4, 0.5) is 10.2 Å². The molecule has 0 radical (unpaired) electrons. The molecule has 4 heteroatoms. The molecule has 0 bridgehead atoms. The second-order valence-electron chi connectivity index (χ2n) is 4.11. The van der Waals surface area contributed by atoms with Crippen molar-refractivity contribution in [1.82, 2.24) is 4.98 Å². The highest BCUT2D eigenvalue weighted by Crippen LogP contribution is 2.15. The maximum atomic E-state index is 13.1. The van der Waals surface area contributed by atoms with Crippen LogP contribution < -0.4 is 5.73 Å². The van der Waals surface area contributed by atoms with E-state index in [9.17, 15) is 9.18 Å². The van der Waals surface area contributed by atoms with Gasteiger partial charge in [-0.2, -0.15) is 0 Å². The van der Waals surface area contributed by atoms with Crippen LogP contribution in [0.5, 0.6) is 0 Å². The quantitative estimate of drug-likeness (QED) is 0.844. The summed E-state index contributed by atoms with van der Waals surface area (Å²) in [7, 11) is 0. The lowest BCUT2D eigenvalue weighted by atomic mass is 9.99. The minimum absolute atomic E-state index is 0.129. The number of carbonyl (C=O) groups is 1. The summed E-state index contributed by atoms with van der Waals surface area (Å²) in [4.78, 5) is 16.0. The predicted molar refractivity (Wildman–Crippen MR) is 67.8 cm³/mol. The number of aryl methyl sites for hydroxylation is 1. The molecule has 0 fully saturated rings. The fraction of sp³-hybridized carbons (Fsp3) is 0.143. The summed E-state index contributed by atoms with van der Waals surface area (Å²) in [6.07, 6.45) is 1.70. The number of Topliss-reactive ketones (excluding diaryl/α,β-unsaturated/α-hetero) is 1. The topological polar surface area (TPSA) is 56.0 Å². The molecular weight excluding hydrogens is 231 g/mol. The van der Waals surface area contributed by atoms with E-state index in [2.05, 4.69) is 4.98 Å². The van der Waals surface area contributed by atoms with Gasteiger partial charge < -0.3 is 5.73 Å². The third kappa shape index (κ3) is 2.53. The number of aromatic nitrogens is 1. The maximum absolute atomic E-state index is 13.1. The van der Waals surface area contributed by atoms with E-state index < -0.39 is 5.82 Å². The van der Waals surface area contributed by atoms with Crippen molar-refractivity contribution < 1.29 is 9.18 Å². The number of ketones is 1. The Balaban J connectivity index is 2.28. The van der Waals surface area contributed by atoms with Crippen LogP contribution in [0.1, 0.15) is 21.5 Å². The summed E-state index contributed by atoms with van der Waals surface area (Å²) in [5.74, 6) is -0.241. The van der Waals surface area contributed by atoms with Gasteiger partial charge in [0.05, 0.1) is 0 Å². The van der Waals surface area contributed by atoms with Gasteiger partial charge in [-0.05, 0) is 30.7 Å². The fourth-order valence-electron chi connectivity index (χ4n) is 1.76. The molecule has 0 spiro atoms. The van der Waals surface area contributed by atoms with E-state index in [-0.39, 0.29) is 12.2 Å². The van der Waals surface area contributed by atoms with Crippen LogP contribution in [0.2, 0.25) is 0 Å². The lowest BCUT2D eigenvalue weighted by Crippen LogP contribution is -2.08. The summed E-state index contributed by atoms with van der Waals surface area (Å²) < 4.78 is 13.1. The van der Waals surface area contributed by atoms with Crippen LogP contribution in [0.25, 0.3) is 0 Å². The summed E-state index contributed by atoms with van der Waals surface area (Å²) >= 11 is 0. The Hall–Kier alpha value is -2.23. The SMILES string of the molecule is Cc1ccc(F)cc1C(=O)Cc1cccnc1N. The van der Waals surface area contributed by atoms with Crippen molar-refractivity contribution in [2.75, 3.05) is 5.73 Å². The molecule has 3 nitrogen and oxygen atoms in total. The van der Waals surface area contributed by atoms with Crippen LogP contribution in [0, 0.1) is 12.7 Å². The first-order valence-electron chi connectivity index (χ1n) is 5.56. The number of nitrogen functional groups attached to an aromatic ring is 1. The van der Waals surface area contributed by atoms with Gasteiger partial charge in [-0.3, -0.25) is 4.79 Å². The Labute approximate surface area is 104 Å². The zero-order chi connectivity index (χ0) is 13.1. The molecule has 18 heavy (non-hydrogen) atoms. The number of hydrogen-bond acceptors (Lipinski definition) is 3. The van der Waals surface area contributed by atoms with Crippen molar-refractivity contribution in [3.63, 3.8) is 0 Å². The molecule has 0 aliphatic rings. The third-order valence-corrected chi connectivity index (χ3v) is 2.78. The number of pyridine rings is 1. The molecule has 92 valence electrons. The molecule has 2 aromatic rings. The fourth-order valence-corrected chi connectivity index (χ4v) is 1.76. The number of hydrogen-bond donors (Lipinski definition) is 1. The summed E-state index contributed by atoms with van der Waals surface area (Å²) in [6.45, 7) is 1.78. The van der Waals surface area contributed by atoms with Gasteiger partial charge in [0, 0.05) is 23.7 Å². The first kappa shape index (κ1) is 12.2. The Morgan fingerprint density at radius 3 is 2.89 bits per heavy atom. The predicted octanol–water partition coefficient (Wildman–Crippen LogP) is 2.54. The number of nitrogens with two attached hydrogens (primary N) is 1. The largest absolute Gasteiger partial charge is 0.383 e. The Kier molecular flexibility index (Phi) is 3.37. The van der Waals surface area contributed by atoms with Gasteiger partial charge in [0.25, 0.3) is 0 Å². The lowest BCUT2D eigenvalue weighted by molar-refractivity contribution is 0.0992. The highest BCUT2D eigenvalue weighted by Gasteiger charge is 2.12. The van der Waals surface area contributed by atoms with Gasteiger partial charge in [0.2, 0.25) is 0 Å². The molecule has 1 aromatic heterocycles.